The Morgan fingerprint density at radius 3 is 2.29 bits per heavy atom. The van der Waals surface area contributed by atoms with Crippen LogP contribution in [0, 0.1) is 0 Å². The van der Waals surface area contributed by atoms with Crippen molar-refractivity contribution in [1.29, 1.82) is 0 Å². The van der Waals surface area contributed by atoms with Crippen molar-refractivity contribution in [3.8, 4) is 0 Å². The van der Waals surface area contributed by atoms with Crippen LogP contribution in [0.3, 0.4) is 0 Å². The summed E-state index contributed by atoms with van der Waals surface area (Å²) in [6, 6.07) is 0. The Morgan fingerprint density at radius 2 is 2.14 bits per heavy atom. The zero-order valence-electron chi connectivity index (χ0n) is 7.76. The maximum Gasteiger partial charge on any atom is 0.508 e. The molecule has 0 saturated carbocycles. The molecular weight excluding hydrogens is 212 g/mol. The number of carbonyl (C=O) groups excluding carboxylic acids is 1. The van der Waals surface area contributed by atoms with E-state index in [2.05, 4.69) is 13.7 Å². The first-order valence-electron chi connectivity index (χ1n) is 4.20. The molecule has 0 amide bonds. The standard InChI is InChI=1S/C4H6O3.C3H6O3S/c1-3-2-6-4(5)7-3;4-7(5)3-1-2-6-7/h3H,2H2,1H3;1-3H2. The average Bonchev–Trinajstić information content (AvgIpc) is 2.61. The summed E-state index contributed by atoms with van der Waals surface area (Å²) in [6.07, 6.45) is 0.0579. The number of hydrogen-bond acceptors (Lipinski definition) is 6. The number of hydrogen-bond donors (Lipinski definition) is 0. The second-order valence-corrected chi connectivity index (χ2v) is 4.69. The number of cyclic esters (lactones) is 2. The molecule has 0 radical (unpaired) electrons. The van der Waals surface area contributed by atoms with Crippen LogP contribution in [-0.2, 0) is 23.8 Å². The SMILES string of the molecule is CC1COC(=O)O1.O=S1(=O)CCCO1. The smallest absolute Gasteiger partial charge is 0.430 e. The molecule has 2 saturated heterocycles. The quantitative estimate of drug-likeness (QED) is 0.434. The van der Waals surface area contributed by atoms with Crippen LogP contribution < -0.4 is 0 Å². The Bertz CT molecular complexity index is 283. The molecule has 2 rings (SSSR count). The van der Waals surface area contributed by atoms with E-state index in [1.165, 1.54) is 0 Å². The van der Waals surface area contributed by atoms with Gasteiger partial charge in [-0.15, -0.1) is 0 Å². The van der Waals surface area contributed by atoms with Gasteiger partial charge in [0.2, 0.25) is 0 Å². The van der Waals surface area contributed by atoms with E-state index in [1.54, 1.807) is 6.92 Å². The van der Waals surface area contributed by atoms with E-state index in [-0.39, 0.29) is 11.9 Å². The molecule has 0 aliphatic carbocycles. The molecule has 1 unspecified atom stereocenters. The molecule has 82 valence electrons. The van der Waals surface area contributed by atoms with Gasteiger partial charge in [0.1, 0.15) is 12.7 Å². The van der Waals surface area contributed by atoms with Gasteiger partial charge in [-0.1, -0.05) is 0 Å². The van der Waals surface area contributed by atoms with Crippen molar-refractivity contribution in [2.75, 3.05) is 19.0 Å². The molecule has 0 N–H and O–H groups in total. The first-order chi connectivity index (χ1) is 6.49. The zero-order valence-corrected chi connectivity index (χ0v) is 8.58. The van der Waals surface area contributed by atoms with Crippen LogP contribution in [0.15, 0.2) is 0 Å². The van der Waals surface area contributed by atoms with Crippen molar-refractivity contribution in [1.82, 2.24) is 0 Å². The molecule has 1 atom stereocenters. The summed E-state index contributed by atoms with van der Waals surface area (Å²) in [7, 11) is -3.05. The number of ether oxygens (including phenoxy) is 2. The zero-order chi connectivity index (χ0) is 10.6. The molecule has 2 heterocycles. The molecule has 0 bridgehead atoms. The highest BCUT2D eigenvalue weighted by Gasteiger charge is 2.19. The highest BCUT2D eigenvalue weighted by Crippen LogP contribution is 2.05. The minimum Gasteiger partial charge on any atom is -0.430 e. The van der Waals surface area contributed by atoms with Crippen LogP contribution in [0.5, 0.6) is 0 Å². The van der Waals surface area contributed by atoms with Crippen LogP contribution >= 0.6 is 0 Å². The topological polar surface area (TPSA) is 78.9 Å². The number of carbonyl (C=O) groups is 1. The van der Waals surface area contributed by atoms with Crippen molar-refractivity contribution < 1.29 is 26.9 Å². The molecule has 2 aliphatic rings. The highest BCUT2D eigenvalue weighted by molar-refractivity contribution is 7.86. The van der Waals surface area contributed by atoms with Gasteiger partial charge in [0.15, 0.2) is 0 Å². The van der Waals surface area contributed by atoms with Crippen LogP contribution in [0.2, 0.25) is 0 Å². The van der Waals surface area contributed by atoms with Crippen LogP contribution in [0.1, 0.15) is 13.3 Å². The third-order valence-corrected chi connectivity index (χ3v) is 2.85. The van der Waals surface area contributed by atoms with Gasteiger partial charge < -0.3 is 9.47 Å². The van der Waals surface area contributed by atoms with E-state index in [0.717, 1.165) is 0 Å². The lowest BCUT2D eigenvalue weighted by atomic mass is 10.5. The Morgan fingerprint density at radius 1 is 1.43 bits per heavy atom. The van der Waals surface area contributed by atoms with E-state index in [0.29, 0.717) is 19.6 Å². The maximum atomic E-state index is 10.2. The van der Waals surface area contributed by atoms with Gasteiger partial charge in [0.25, 0.3) is 10.1 Å². The summed E-state index contributed by atoms with van der Waals surface area (Å²) >= 11 is 0. The third kappa shape index (κ3) is 3.93. The third-order valence-electron chi connectivity index (χ3n) is 1.53. The van der Waals surface area contributed by atoms with Crippen molar-refractivity contribution in [2.24, 2.45) is 0 Å². The average molecular weight is 224 g/mol. The molecule has 0 aromatic heterocycles. The van der Waals surface area contributed by atoms with Crippen molar-refractivity contribution in [3.05, 3.63) is 0 Å². The molecule has 0 spiro atoms. The molecule has 0 aromatic carbocycles. The Kier molecular flexibility index (Phi) is 3.70. The van der Waals surface area contributed by atoms with Gasteiger partial charge in [0, 0.05) is 0 Å². The lowest BCUT2D eigenvalue weighted by molar-refractivity contribution is 0.121. The summed E-state index contributed by atoms with van der Waals surface area (Å²) in [5.41, 5.74) is 0. The maximum absolute atomic E-state index is 10.2. The summed E-state index contributed by atoms with van der Waals surface area (Å²) < 4.78 is 33.6. The fraction of sp³-hybridized carbons (Fsp3) is 0.857. The predicted octanol–water partition coefficient (Wildman–Crippen LogP) is 0.278. The Labute approximate surface area is 82.3 Å². The molecule has 7 heteroatoms. The van der Waals surface area contributed by atoms with Crippen molar-refractivity contribution in [2.45, 2.75) is 19.4 Å². The molecule has 14 heavy (non-hydrogen) atoms. The fourth-order valence-corrected chi connectivity index (χ4v) is 1.86. The first kappa shape index (κ1) is 11.3. The second-order valence-electron chi connectivity index (χ2n) is 2.93. The summed E-state index contributed by atoms with van der Waals surface area (Å²) in [6.45, 7) is 2.56. The summed E-state index contributed by atoms with van der Waals surface area (Å²) in [5, 5.41) is 0. The van der Waals surface area contributed by atoms with E-state index >= 15 is 0 Å². The highest BCUT2D eigenvalue weighted by atomic mass is 32.2. The predicted molar refractivity (Wildman–Crippen MR) is 46.3 cm³/mol. The molecule has 2 fully saturated rings. The minimum atomic E-state index is -3.05. The summed E-state index contributed by atoms with van der Waals surface area (Å²) in [5.74, 6) is 0.201. The lowest BCUT2D eigenvalue weighted by Gasteiger charge is -1.90. The molecule has 0 aromatic rings. The van der Waals surface area contributed by atoms with Crippen molar-refractivity contribution in [3.63, 3.8) is 0 Å². The molecule has 2 aliphatic heterocycles. The number of rotatable bonds is 0. The normalized spacial score (nSPS) is 28.6. The van der Waals surface area contributed by atoms with E-state index in [9.17, 15) is 13.2 Å². The first-order valence-corrected chi connectivity index (χ1v) is 5.78. The lowest BCUT2D eigenvalue weighted by Crippen LogP contribution is -2.01. The van der Waals surface area contributed by atoms with E-state index in [4.69, 9.17) is 0 Å². The van der Waals surface area contributed by atoms with Crippen LogP contribution in [0.25, 0.3) is 0 Å². The Balaban J connectivity index is 0.000000140. The van der Waals surface area contributed by atoms with Gasteiger partial charge in [-0.3, -0.25) is 4.18 Å². The monoisotopic (exact) mass is 224 g/mol. The van der Waals surface area contributed by atoms with Gasteiger partial charge in [-0.25, -0.2) is 4.79 Å². The van der Waals surface area contributed by atoms with Gasteiger partial charge in [-0.05, 0) is 13.3 Å². The van der Waals surface area contributed by atoms with Crippen molar-refractivity contribution >= 4 is 16.3 Å². The van der Waals surface area contributed by atoms with Gasteiger partial charge in [-0.2, -0.15) is 8.42 Å². The largest absolute Gasteiger partial charge is 0.508 e. The van der Waals surface area contributed by atoms with Gasteiger partial charge >= 0.3 is 6.16 Å². The van der Waals surface area contributed by atoms with Crippen LogP contribution in [0.4, 0.5) is 4.79 Å². The molecular formula is C7H12O6S. The fourth-order valence-electron chi connectivity index (χ4n) is 0.898. The second kappa shape index (κ2) is 4.61. The van der Waals surface area contributed by atoms with E-state index < -0.39 is 16.3 Å². The Hall–Kier alpha value is -0.820. The van der Waals surface area contributed by atoms with Crippen LogP contribution in [-0.4, -0.2) is 39.6 Å². The van der Waals surface area contributed by atoms with E-state index in [1.807, 2.05) is 0 Å². The summed E-state index contributed by atoms with van der Waals surface area (Å²) in [4.78, 5) is 10.0. The minimum absolute atomic E-state index is 0.0486. The molecule has 6 nitrogen and oxygen atoms in total. The van der Waals surface area contributed by atoms with Gasteiger partial charge in [0.05, 0.1) is 12.4 Å².